The van der Waals surface area contributed by atoms with Crippen LogP contribution in [0, 0.1) is 12.8 Å². The van der Waals surface area contributed by atoms with Crippen LogP contribution in [0.5, 0.6) is 5.75 Å². The summed E-state index contributed by atoms with van der Waals surface area (Å²) >= 11 is 0. The third kappa shape index (κ3) is 3.78. The molecule has 2 aliphatic heterocycles. The largest absolute Gasteiger partial charge is 0.488 e. The summed E-state index contributed by atoms with van der Waals surface area (Å²) in [6.45, 7) is 10.3. The third-order valence-electron chi connectivity index (χ3n) is 4.92. The SMILES string of the molecule is CCN1CCC(CNCC2Cc3cc(C)ccc3O2)CC1. The Bertz CT molecular complexity index is 466. The molecule has 0 spiro atoms. The summed E-state index contributed by atoms with van der Waals surface area (Å²) in [5, 5.41) is 3.64. The van der Waals surface area contributed by atoms with Crippen molar-refractivity contribution < 1.29 is 4.74 Å². The highest BCUT2D eigenvalue weighted by Gasteiger charge is 2.23. The van der Waals surface area contributed by atoms with Crippen LogP contribution in [0.4, 0.5) is 0 Å². The van der Waals surface area contributed by atoms with Crippen LogP contribution in [-0.4, -0.2) is 43.7 Å². The first-order valence-electron chi connectivity index (χ1n) is 8.44. The molecule has 1 fully saturated rings. The number of ether oxygens (including phenoxy) is 1. The summed E-state index contributed by atoms with van der Waals surface area (Å²) in [5.41, 5.74) is 2.70. The molecular weight excluding hydrogens is 260 g/mol. The van der Waals surface area contributed by atoms with Crippen molar-refractivity contribution in [2.24, 2.45) is 5.92 Å². The Morgan fingerprint density at radius 1 is 1.24 bits per heavy atom. The quantitative estimate of drug-likeness (QED) is 0.901. The predicted molar refractivity (Wildman–Crippen MR) is 87.0 cm³/mol. The van der Waals surface area contributed by atoms with Crippen molar-refractivity contribution >= 4 is 0 Å². The van der Waals surface area contributed by atoms with Crippen molar-refractivity contribution in [3.8, 4) is 5.75 Å². The number of rotatable bonds is 5. The average molecular weight is 288 g/mol. The van der Waals surface area contributed by atoms with Crippen LogP contribution in [0.3, 0.4) is 0 Å². The van der Waals surface area contributed by atoms with E-state index in [1.165, 1.54) is 43.6 Å². The van der Waals surface area contributed by atoms with Gasteiger partial charge < -0.3 is 15.0 Å². The number of fused-ring (bicyclic) bond motifs is 1. The Balaban J connectivity index is 1.38. The Morgan fingerprint density at radius 2 is 2.05 bits per heavy atom. The first-order valence-corrected chi connectivity index (χ1v) is 8.44. The third-order valence-corrected chi connectivity index (χ3v) is 4.92. The molecule has 2 aliphatic rings. The Hall–Kier alpha value is -1.06. The Labute approximate surface area is 128 Å². The van der Waals surface area contributed by atoms with Crippen molar-refractivity contribution in [1.82, 2.24) is 10.2 Å². The number of aryl methyl sites for hydroxylation is 1. The maximum atomic E-state index is 6.02. The topological polar surface area (TPSA) is 24.5 Å². The van der Waals surface area contributed by atoms with E-state index in [0.29, 0.717) is 6.10 Å². The molecule has 0 aliphatic carbocycles. The molecule has 1 N–H and O–H groups in total. The van der Waals surface area contributed by atoms with Crippen molar-refractivity contribution in [1.29, 1.82) is 0 Å². The van der Waals surface area contributed by atoms with Gasteiger partial charge in [0.1, 0.15) is 11.9 Å². The first kappa shape index (κ1) is 14.9. The molecule has 0 amide bonds. The highest BCUT2D eigenvalue weighted by molar-refractivity contribution is 5.40. The van der Waals surface area contributed by atoms with Gasteiger partial charge in [-0.3, -0.25) is 0 Å². The smallest absolute Gasteiger partial charge is 0.123 e. The zero-order valence-electron chi connectivity index (χ0n) is 13.4. The van der Waals surface area contributed by atoms with Crippen LogP contribution in [0.15, 0.2) is 18.2 Å². The average Bonchev–Trinajstić information content (AvgIpc) is 2.89. The summed E-state index contributed by atoms with van der Waals surface area (Å²) in [5.74, 6) is 1.93. The number of benzene rings is 1. The molecule has 0 aromatic heterocycles. The number of nitrogens with zero attached hydrogens (tertiary/aromatic N) is 1. The molecule has 3 nitrogen and oxygen atoms in total. The molecule has 116 valence electrons. The maximum absolute atomic E-state index is 6.02. The normalized spacial score (nSPS) is 23.0. The minimum Gasteiger partial charge on any atom is -0.488 e. The molecule has 1 aromatic rings. The van der Waals surface area contributed by atoms with Crippen molar-refractivity contribution in [2.75, 3.05) is 32.7 Å². The molecule has 0 bridgehead atoms. The molecule has 3 rings (SSSR count). The lowest BCUT2D eigenvalue weighted by atomic mass is 9.97. The van der Waals surface area contributed by atoms with E-state index in [2.05, 4.69) is 42.3 Å². The number of hydrogen-bond donors (Lipinski definition) is 1. The molecular formula is C18H28N2O. The molecule has 0 saturated carbocycles. The second-order valence-electron chi connectivity index (χ2n) is 6.59. The van der Waals surface area contributed by atoms with E-state index >= 15 is 0 Å². The monoisotopic (exact) mass is 288 g/mol. The van der Waals surface area contributed by atoms with Gasteiger partial charge in [0.25, 0.3) is 0 Å². The minimum absolute atomic E-state index is 0.317. The van der Waals surface area contributed by atoms with Crippen LogP contribution in [0.1, 0.15) is 30.9 Å². The molecule has 1 unspecified atom stereocenters. The molecule has 2 heterocycles. The first-order chi connectivity index (χ1) is 10.2. The van der Waals surface area contributed by atoms with Gasteiger partial charge in [0.2, 0.25) is 0 Å². The van der Waals surface area contributed by atoms with E-state index in [4.69, 9.17) is 4.74 Å². The van der Waals surface area contributed by atoms with E-state index in [9.17, 15) is 0 Å². The van der Waals surface area contributed by atoms with Crippen LogP contribution in [0.2, 0.25) is 0 Å². The number of hydrogen-bond acceptors (Lipinski definition) is 3. The van der Waals surface area contributed by atoms with Gasteiger partial charge in [-0.2, -0.15) is 0 Å². The highest BCUT2D eigenvalue weighted by atomic mass is 16.5. The van der Waals surface area contributed by atoms with E-state index < -0.39 is 0 Å². The lowest BCUT2D eigenvalue weighted by Gasteiger charge is -2.31. The van der Waals surface area contributed by atoms with Crippen LogP contribution < -0.4 is 10.1 Å². The van der Waals surface area contributed by atoms with Crippen molar-refractivity contribution in [3.63, 3.8) is 0 Å². The highest BCUT2D eigenvalue weighted by Crippen LogP contribution is 2.29. The number of piperidine rings is 1. The van der Waals surface area contributed by atoms with E-state index in [1.54, 1.807) is 0 Å². The second kappa shape index (κ2) is 6.80. The van der Waals surface area contributed by atoms with E-state index in [1.807, 2.05) is 0 Å². The van der Waals surface area contributed by atoms with Gasteiger partial charge in [-0.1, -0.05) is 24.6 Å². The Kier molecular flexibility index (Phi) is 4.81. The van der Waals surface area contributed by atoms with Gasteiger partial charge >= 0.3 is 0 Å². The summed E-state index contributed by atoms with van der Waals surface area (Å²) in [6.07, 6.45) is 4.05. The molecule has 21 heavy (non-hydrogen) atoms. The van der Waals surface area contributed by atoms with Gasteiger partial charge in [-0.05, 0) is 63.5 Å². The fraction of sp³-hybridized carbons (Fsp3) is 0.667. The van der Waals surface area contributed by atoms with E-state index in [0.717, 1.165) is 31.2 Å². The molecule has 3 heteroatoms. The van der Waals surface area contributed by atoms with Crippen LogP contribution in [-0.2, 0) is 6.42 Å². The van der Waals surface area contributed by atoms with Crippen LogP contribution >= 0.6 is 0 Å². The predicted octanol–water partition coefficient (Wildman–Crippen LogP) is 2.62. The number of nitrogens with one attached hydrogen (secondary N) is 1. The summed E-state index contributed by atoms with van der Waals surface area (Å²) < 4.78 is 6.02. The van der Waals surface area contributed by atoms with Crippen LogP contribution in [0.25, 0.3) is 0 Å². The summed E-state index contributed by atoms with van der Waals surface area (Å²) in [4.78, 5) is 2.55. The summed E-state index contributed by atoms with van der Waals surface area (Å²) in [6, 6.07) is 6.51. The van der Waals surface area contributed by atoms with E-state index in [-0.39, 0.29) is 0 Å². The zero-order chi connectivity index (χ0) is 14.7. The van der Waals surface area contributed by atoms with Crippen molar-refractivity contribution in [3.05, 3.63) is 29.3 Å². The Morgan fingerprint density at radius 3 is 2.81 bits per heavy atom. The fourth-order valence-electron chi connectivity index (χ4n) is 3.52. The second-order valence-corrected chi connectivity index (χ2v) is 6.59. The minimum atomic E-state index is 0.317. The van der Waals surface area contributed by atoms with Crippen molar-refractivity contribution in [2.45, 2.75) is 39.2 Å². The van der Waals surface area contributed by atoms with Gasteiger partial charge in [-0.15, -0.1) is 0 Å². The standard InChI is InChI=1S/C18H28N2O/c1-3-20-8-6-15(7-9-20)12-19-13-17-11-16-10-14(2)4-5-18(16)21-17/h4-5,10,15,17,19H,3,6-9,11-13H2,1-2H3. The molecule has 1 saturated heterocycles. The van der Waals surface area contributed by atoms with Gasteiger partial charge in [0.05, 0.1) is 0 Å². The molecule has 0 radical (unpaired) electrons. The van der Waals surface area contributed by atoms with Gasteiger partial charge in [-0.25, -0.2) is 0 Å². The lowest BCUT2D eigenvalue weighted by molar-refractivity contribution is 0.182. The molecule has 1 atom stereocenters. The fourth-order valence-corrected chi connectivity index (χ4v) is 3.52. The van der Waals surface area contributed by atoms with Gasteiger partial charge in [0, 0.05) is 13.0 Å². The van der Waals surface area contributed by atoms with Gasteiger partial charge in [0.15, 0.2) is 0 Å². The zero-order valence-corrected chi connectivity index (χ0v) is 13.4. The maximum Gasteiger partial charge on any atom is 0.123 e. The molecule has 1 aromatic carbocycles. The lowest BCUT2D eigenvalue weighted by Crippen LogP contribution is -2.39. The number of likely N-dealkylation sites (tertiary alicyclic amines) is 1. The summed E-state index contributed by atoms with van der Waals surface area (Å²) in [7, 11) is 0.